The van der Waals surface area contributed by atoms with Crippen LogP contribution in [0.5, 0.6) is 0 Å². The molecule has 1 heterocycles. The molecule has 0 radical (unpaired) electrons. The van der Waals surface area contributed by atoms with Crippen molar-refractivity contribution in [2.45, 2.75) is 59.3 Å². The van der Waals surface area contributed by atoms with Crippen LogP contribution in [0, 0.1) is 5.41 Å². The highest BCUT2D eigenvalue weighted by molar-refractivity contribution is 5.81. The summed E-state index contributed by atoms with van der Waals surface area (Å²) in [4.78, 5) is 25.6. The van der Waals surface area contributed by atoms with Crippen LogP contribution in [0.1, 0.15) is 59.3 Å². The highest BCUT2D eigenvalue weighted by atomic mass is 16.2. The average molecular weight is 268 g/mol. The summed E-state index contributed by atoms with van der Waals surface area (Å²) in [7, 11) is 0. The molecule has 19 heavy (non-hydrogen) atoms. The third-order valence-corrected chi connectivity index (χ3v) is 3.49. The molecule has 0 spiro atoms. The number of carbonyl (C=O) groups excluding carboxylic acids is 2. The first-order valence-electron chi connectivity index (χ1n) is 7.47. The van der Waals surface area contributed by atoms with Gasteiger partial charge < -0.3 is 10.2 Å². The van der Waals surface area contributed by atoms with Crippen LogP contribution in [-0.2, 0) is 9.59 Å². The van der Waals surface area contributed by atoms with E-state index in [0.717, 1.165) is 32.4 Å². The smallest absolute Gasteiger partial charge is 0.225 e. The van der Waals surface area contributed by atoms with E-state index in [9.17, 15) is 9.59 Å². The first-order chi connectivity index (χ1) is 8.91. The lowest BCUT2D eigenvalue weighted by atomic mass is 9.96. The van der Waals surface area contributed by atoms with Crippen molar-refractivity contribution >= 4 is 11.8 Å². The highest BCUT2D eigenvalue weighted by Gasteiger charge is 2.20. The van der Waals surface area contributed by atoms with E-state index in [0.29, 0.717) is 13.0 Å². The summed E-state index contributed by atoms with van der Waals surface area (Å²) >= 11 is 0. The van der Waals surface area contributed by atoms with E-state index in [1.54, 1.807) is 0 Å². The topological polar surface area (TPSA) is 49.4 Å². The fourth-order valence-electron chi connectivity index (χ4n) is 2.18. The Morgan fingerprint density at radius 1 is 1.05 bits per heavy atom. The molecule has 4 nitrogen and oxygen atoms in total. The van der Waals surface area contributed by atoms with Gasteiger partial charge in [-0.2, -0.15) is 0 Å². The SMILES string of the molecule is CC(C)(C)C(=O)NCCCC(=O)N1CCCCCC1. The number of nitrogens with one attached hydrogen (secondary N) is 1. The maximum atomic E-state index is 12.0. The predicted octanol–water partition coefficient (Wildman–Crippen LogP) is 2.33. The maximum Gasteiger partial charge on any atom is 0.225 e. The van der Waals surface area contributed by atoms with Gasteiger partial charge in [0, 0.05) is 31.5 Å². The number of amides is 2. The van der Waals surface area contributed by atoms with E-state index >= 15 is 0 Å². The van der Waals surface area contributed by atoms with Gasteiger partial charge in [-0.05, 0) is 19.3 Å². The van der Waals surface area contributed by atoms with Gasteiger partial charge >= 0.3 is 0 Å². The van der Waals surface area contributed by atoms with E-state index in [-0.39, 0.29) is 17.2 Å². The van der Waals surface area contributed by atoms with Crippen LogP contribution < -0.4 is 5.32 Å². The fraction of sp³-hybridized carbons (Fsp3) is 0.867. The Bertz CT molecular complexity index is 300. The molecule has 1 N–H and O–H groups in total. The lowest BCUT2D eigenvalue weighted by Gasteiger charge is -2.21. The molecular formula is C15H28N2O2. The Morgan fingerprint density at radius 2 is 1.63 bits per heavy atom. The molecule has 1 aliphatic heterocycles. The summed E-state index contributed by atoms with van der Waals surface area (Å²) in [6.45, 7) is 8.09. The van der Waals surface area contributed by atoms with E-state index in [1.807, 2.05) is 25.7 Å². The van der Waals surface area contributed by atoms with E-state index in [2.05, 4.69) is 5.32 Å². The van der Waals surface area contributed by atoms with Crippen molar-refractivity contribution in [1.82, 2.24) is 10.2 Å². The monoisotopic (exact) mass is 268 g/mol. The second kappa shape index (κ2) is 7.51. The zero-order valence-electron chi connectivity index (χ0n) is 12.6. The summed E-state index contributed by atoms with van der Waals surface area (Å²) in [5, 5.41) is 2.88. The van der Waals surface area contributed by atoms with E-state index in [1.165, 1.54) is 12.8 Å². The first kappa shape index (κ1) is 16.0. The van der Waals surface area contributed by atoms with E-state index < -0.39 is 0 Å². The molecule has 1 aliphatic rings. The number of hydrogen-bond donors (Lipinski definition) is 1. The standard InChI is InChI=1S/C15H28N2O2/c1-15(2,3)14(19)16-10-8-9-13(18)17-11-6-4-5-7-12-17/h4-12H2,1-3H3,(H,16,19). The van der Waals surface area contributed by atoms with Crippen molar-refractivity contribution in [3.8, 4) is 0 Å². The van der Waals surface area contributed by atoms with Gasteiger partial charge in [0.05, 0.1) is 0 Å². The summed E-state index contributed by atoms with van der Waals surface area (Å²) in [5.41, 5.74) is -0.352. The van der Waals surface area contributed by atoms with Gasteiger partial charge in [-0.25, -0.2) is 0 Å². The number of rotatable bonds is 4. The van der Waals surface area contributed by atoms with Gasteiger partial charge in [0.15, 0.2) is 0 Å². The van der Waals surface area contributed by atoms with Gasteiger partial charge in [0.25, 0.3) is 0 Å². The summed E-state index contributed by atoms with van der Waals surface area (Å²) in [6.07, 6.45) is 6.03. The third-order valence-electron chi connectivity index (χ3n) is 3.49. The van der Waals surface area contributed by atoms with Crippen molar-refractivity contribution < 1.29 is 9.59 Å². The second-order valence-electron chi connectivity index (χ2n) is 6.40. The van der Waals surface area contributed by atoms with Gasteiger partial charge in [0.2, 0.25) is 11.8 Å². The van der Waals surface area contributed by atoms with Crippen molar-refractivity contribution in [3.05, 3.63) is 0 Å². The summed E-state index contributed by atoms with van der Waals surface area (Å²) in [5.74, 6) is 0.293. The maximum absolute atomic E-state index is 12.0. The quantitative estimate of drug-likeness (QED) is 0.796. The number of carbonyl (C=O) groups is 2. The van der Waals surface area contributed by atoms with Crippen molar-refractivity contribution in [2.24, 2.45) is 5.41 Å². The minimum atomic E-state index is -0.352. The van der Waals surface area contributed by atoms with Gasteiger partial charge in [-0.3, -0.25) is 9.59 Å². The molecule has 2 amide bonds. The molecule has 1 rings (SSSR count). The van der Waals surface area contributed by atoms with Crippen LogP contribution in [0.15, 0.2) is 0 Å². The van der Waals surface area contributed by atoms with E-state index in [4.69, 9.17) is 0 Å². The highest BCUT2D eigenvalue weighted by Crippen LogP contribution is 2.13. The minimum Gasteiger partial charge on any atom is -0.356 e. The number of likely N-dealkylation sites (tertiary alicyclic amines) is 1. The van der Waals surface area contributed by atoms with Crippen molar-refractivity contribution in [2.75, 3.05) is 19.6 Å². The molecular weight excluding hydrogens is 240 g/mol. The summed E-state index contributed by atoms with van der Waals surface area (Å²) in [6, 6.07) is 0. The molecule has 0 saturated carbocycles. The first-order valence-corrected chi connectivity index (χ1v) is 7.47. The minimum absolute atomic E-state index is 0.0507. The Balaban J connectivity index is 2.18. The number of nitrogens with zero attached hydrogens (tertiary/aromatic N) is 1. The molecule has 110 valence electrons. The molecule has 0 aromatic heterocycles. The molecule has 0 bridgehead atoms. The van der Waals surface area contributed by atoms with Crippen molar-refractivity contribution in [3.63, 3.8) is 0 Å². The summed E-state index contributed by atoms with van der Waals surface area (Å²) < 4.78 is 0. The molecule has 1 saturated heterocycles. The zero-order valence-corrected chi connectivity index (χ0v) is 12.6. The molecule has 0 aliphatic carbocycles. The Kier molecular flexibility index (Phi) is 6.32. The average Bonchev–Trinajstić information content (AvgIpc) is 2.61. The fourth-order valence-corrected chi connectivity index (χ4v) is 2.18. The molecule has 0 aromatic carbocycles. The van der Waals surface area contributed by atoms with Crippen molar-refractivity contribution in [1.29, 1.82) is 0 Å². The lowest BCUT2D eigenvalue weighted by molar-refractivity contribution is -0.132. The Hall–Kier alpha value is -1.06. The van der Waals surface area contributed by atoms with Gasteiger partial charge in [0.1, 0.15) is 0 Å². The van der Waals surface area contributed by atoms with Crippen LogP contribution in [0.25, 0.3) is 0 Å². The zero-order chi connectivity index (χ0) is 14.3. The molecule has 0 unspecified atom stereocenters. The largest absolute Gasteiger partial charge is 0.356 e. The third kappa shape index (κ3) is 6.08. The number of hydrogen-bond acceptors (Lipinski definition) is 2. The van der Waals surface area contributed by atoms with Crippen LogP contribution in [0.4, 0.5) is 0 Å². The molecule has 1 fully saturated rings. The van der Waals surface area contributed by atoms with Gasteiger partial charge in [-0.1, -0.05) is 33.6 Å². The lowest BCUT2D eigenvalue weighted by Crippen LogP contribution is -2.36. The molecule has 0 aromatic rings. The molecule has 4 heteroatoms. The second-order valence-corrected chi connectivity index (χ2v) is 6.40. The van der Waals surface area contributed by atoms with Crippen LogP contribution in [-0.4, -0.2) is 36.3 Å². The van der Waals surface area contributed by atoms with Crippen LogP contribution in [0.2, 0.25) is 0 Å². The predicted molar refractivity (Wildman–Crippen MR) is 76.7 cm³/mol. The normalized spacial score (nSPS) is 16.9. The van der Waals surface area contributed by atoms with Crippen LogP contribution >= 0.6 is 0 Å². The van der Waals surface area contributed by atoms with Crippen LogP contribution in [0.3, 0.4) is 0 Å². The Morgan fingerprint density at radius 3 is 2.16 bits per heavy atom. The van der Waals surface area contributed by atoms with Gasteiger partial charge in [-0.15, -0.1) is 0 Å². The Labute approximate surface area is 116 Å². The molecule has 0 atom stereocenters.